The summed E-state index contributed by atoms with van der Waals surface area (Å²) in [6.45, 7) is 9.92. The Hall–Kier alpha value is -0.980. The van der Waals surface area contributed by atoms with Crippen LogP contribution >= 0.6 is 0 Å². The lowest BCUT2D eigenvalue weighted by molar-refractivity contribution is 0.551. The van der Waals surface area contributed by atoms with Crippen LogP contribution in [0.3, 0.4) is 0 Å². The summed E-state index contributed by atoms with van der Waals surface area (Å²) in [5.74, 6) is 0.760. The van der Waals surface area contributed by atoms with Crippen molar-refractivity contribution < 1.29 is 0 Å². The van der Waals surface area contributed by atoms with Gasteiger partial charge in [-0.05, 0) is 49.4 Å². The first-order valence-electron chi connectivity index (χ1n) is 5.94. The Balaban J connectivity index is 2.50. The molecule has 1 heteroatoms. The van der Waals surface area contributed by atoms with Gasteiger partial charge in [0.1, 0.15) is 0 Å². The van der Waals surface area contributed by atoms with Crippen molar-refractivity contribution in [3.05, 3.63) is 29.3 Å². The number of nitrogens with one attached hydrogen (secondary N) is 1. The SMILES string of the molecule is CCCC(C)CNc1cc(C)cc(C)c1. The van der Waals surface area contributed by atoms with E-state index in [9.17, 15) is 0 Å². The van der Waals surface area contributed by atoms with E-state index in [4.69, 9.17) is 0 Å². The first kappa shape index (κ1) is 12.1. The number of hydrogen-bond acceptors (Lipinski definition) is 1. The zero-order valence-corrected chi connectivity index (χ0v) is 10.4. The van der Waals surface area contributed by atoms with Crippen LogP contribution in [0.15, 0.2) is 18.2 Å². The second kappa shape index (κ2) is 5.79. The second-order valence-corrected chi connectivity index (χ2v) is 4.65. The molecule has 84 valence electrons. The minimum absolute atomic E-state index is 0.760. The van der Waals surface area contributed by atoms with E-state index in [1.165, 1.54) is 29.7 Å². The first-order chi connectivity index (χ1) is 7.11. The lowest BCUT2D eigenvalue weighted by Crippen LogP contribution is -2.11. The van der Waals surface area contributed by atoms with Crippen LogP contribution in [-0.4, -0.2) is 6.54 Å². The standard InChI is InChI=1S/C14H23N/c1-5-6-11(2)10-15-14-8-12(3)7-13(4)9-14/h7-9,11,15H,5-6,10H2,1-4H3. The Morgan fingerprint density at radius 3 is 2.27 bits per heavy atom. The van der Waals surface area contributed by atoms with Gasteiger partial charge in [-0.15, -0.1) is 0 Å². The smallest absolute Gasteiger partial charge is 0.0345 e. The highest BCUT2D eigenvalue weighted by Crippen LogP contribution is 2.15. The summed E-state index contributed by atoms with van der Waals surface area (Å²) in [5.41, 5.74) is 3.93. The van der Waals surface area contributed by atoms with Gasteiger partial charge in [0, 0.05) is 12.2 Å². The topological polar surface area (TPSA) is 12.0 Å². The summed E-state index contributed by atoms with van der Waals surface area (Å²) in [4.78, 5) is 0. The van der Waals surface area contributed by atoms with E-state index in [0.717, 1.165) is 12.5 Å². The van der Waals surface area contributed by atoms with Crippen LogP contribution in [0.2, 0.25) is 0 Å². The lowest BCUT2D eigenvalue weighted by atomic mass is 10.1. The van der Waals surface area contributed by atoms with Gasteiger partial charge in [-0.25, -0.2) is 0 Å². The average Bonchev–Trinajstić information content (AvgIpc) is 2.14. The van der Waals surface area contributed by atoms with Crippen LogP contribution in [0.1, 0.15) is 37.8 Å². The molecule has 1 nitrogen and oxygen atoms in total. The van der Waals surface area contributed by atoms with E-state index in [2.05, 4.69) is 51.2 Å². The molecule has 0 fully saturated rings. The fourth-order valence-corrected chi connectivity index (χ4v) is 1.96. The number of aryl methyl sites for hydroxylation is 2. The highest BCUT2D eigenvalue weighted by molar-refractivity contribution is 5.48. The molecule has 0 saturated heterocycles. The minimum Gasteiger partial charge on any atom is -0.385 e. The zero-order chi connectivity index (χ0) is 11.3. The monoisotopic (exact) mass is 205 g/mol. The van der Waals surface area contributed by atoms with Gasteiger partial charge < -0.3 is 5.32 Å². The number of benzene rings is 1. The van der Waals surface area contributed by atoms with Crippen molar-refractivity contribution in [2.24, 2.45) is 5.92 Å². The van der Waals surface area contributed by atoms with Gasteiger partial charge in [-0.2, -0.15) is 0 Å². The number of rotatable bonds is 5. The minimum atomic E-state index is 0.760. The Bertz CT molecular complexity index is 284. The molecule has 1 N–H and O–H groups in total. The van der Waals surface area contributed by atoms with E-state index in [1.807, 2.05) is 0 Å². The van der Waals surface area contributed by atoms with Crippen molar-refractivity contribution in [1.82, 2.24) is 0 Å². The third kappa shape index (κ3) is 4.37. The van der Waals surface area contributed by atoms with Gasteiger partial charge in [-0.1, -0.05) is 26.3 Å². The van der Waals surface area contributed by atoms with Gasteiger partial charge in [0.15, 0.2) is 0 Å². The molecule has 0 aliphatic heterocycles. The first-order valence-corrected chi connectivity index (χ1v) is 5.94. The van der Waals surface area contributed by atoms with E-state index in [1.54, 1.807) is 0 Å². The normalized spacial score (nSPS) is 12.5. The van der Waals surface area contributed by atoms with Crippen LogP contribution in [0, 0.1) is 19.8 Å². The molecule has 0 amide bonds. The maximum Gasteiger partial charge on any atom is 0.0345 e. The Morgan fingerprint density at radius 1 is 1.13 bits per heavy atom. The number of anilines is 1. The summed E-state index contributed by atoms with van der Waals surface area (Å²) in [5, 5.41) is 3.51. The second-order valence-electron chi connectivity index (χ2n) is 4.65. The van der Waals surface area contributed by atoms with Gasteiger partial charge in [0.05, 0.1) is 0 Å². The molecular weight excluding hydrogens is 182 g/mol. The van der Waals surface area contributed by atoms with E-state index < -0.39 is 0 Å². The summed E-state index contributed by atoms with van der Waals surface area (Å²) in [6, 6.07) is 6.64. The van der Waals surface area contributed by atoms with E-state index >= 15 is 0 Å². The average molecular weight is 205 g/mol. The predicted molar refractivity (Wildman–Crippen MR) is 68.5 cm³/mol. The van der Waals surface area contributed by atoms with Gasteiger partial charge in [-0.3, -0.25) is 0 Å². The molecule has 0 aliphatic rings. The molecule has 0 aliphatic carbocycles. The Kier molecular flexibility index (Phi) is 4.67. The van der Waals surface area contributed by atoms with Crippen molar-refractivity contribution in [1.29, 1.82) is 0 Å². The largest absolute Gasteiger partial charge is 0.385 e. The Labute approximate surface area is 93.9 Å². The maximum atomic E-state index is 3.51. The fourth-order valence-electron chi connectivity index (χ4n) is 1.96. The highest BCUT2D eigenvalue weighted by Gasteiger charge is 2.00. The highest BCUT2D eigenvalue weighted by atomic mass is 14.9. The van der Waals surface area contributed by atoms with Crippen molar-refractivity contribution in [3.63, 3.8) is 0 Å². The summed E-state index contributed by atoms with van der Waals surface area (Å²) in [6.07, 6.45) is 2.58. The van der Waals surface area contributed by atoms with Crippen LogP contribution in [-0.2, 0) is 0 Å². The van der Waals surface area contributed by atoms with Crippen molar-refractivity contribution >= 4 is 5.69 Å². The molecular formula is C14H23N. The molecule has 1 aromatic rings. The molecule has 0 heterocycles. The van der Waals surface area contributed by atoms with Crippen molar-refractivity contribution in [2.75, 3.05) is 11.9 Å². The van der Waals surface area contributed by atoms with Crippen molar-refractivity contribution in [2.45, 2.75) is 40.5 Å². The van der Waals surface area contributed by atoms with Crippen LogP contribution in [0.4, 0.5) is 5.69 Å². The lowest BCUT2D eigenvalue weighted by Gasteiger charge is -2.13. The predicted octanol–water partition coefficient (Wildman–Crippen LogP) is 4.15. The molecule has 0 bridgehead atoms. The molecule has 15 heavy (non-hydrogen) atoms. The zero-order valence-electron chi connectivity index (χ0n) is 10.4. The van der Waals surface area contributed by atoms with Crippen LogP contribution in [0.25, 0.3) is 0 Å². The Morgan fingerprint density at radius 2 is 1.73 bits per heavy atom. The molecule has 0 saturated carbocycles. The molecule has 1 unspecified atom stereocenters. The third-order valence-corrected chi connectivity index (χ3v) is 2.66. The third-order valence-electron chi connectivity index (χ3n) is 2.66. The van der Waals surface area contributed by atoms with Crippen LogP contribution in [0.5, 0.6) is 0 Å². The van der Waals surface area contributed by atoms with E-state index in [0.29, 0.717) is 0 Å². The van der Waals surface area contributed by atoms with E-state index in [-0.39, 0.29) is 0 Å². The van der Waals surface area contributed by atoms with Gasteiger partial charge >= 0.3 is 0 Å². The van der Waals surface area contributed by atoms with Crippen molar-refractivity contribution in [3.8, 4) is 0 Å². The quantitative estimate of drug-likeness (QED) is 0.761. The fraction of sp³-hybridized carbons (Fsp3) is 0.571. The summed E-state index contributed by atoms with van der Waals surface area (Å²) >= 11 is 0. The molecule has 1 aromatic carbocycles. The molecule has 1 rings (SSSR count). The molecule has 1 atom stereocenters. The summed E-state index contributed by atoms with van der Waals surface area (Å²) in [7, 11) is 0. The maximum absolute atomic E-state index is 3.51. The van der Waals surface area contributed by atoms with Gasteiger partial charge in [0.25, 0.3) is 0 Å². The van der Waals surface area contributed by atoms with Gasteiger partial charge in [0.2, 0.25) is 0 Å². The molecule has 0 aromatic heterocycles. The van der Waals surface area contributed by atoms with Crippen LogP contribution < -0.4 is 5.32 Å². The molecule has 0 spiro atoms. The summed E-state index contributed by atoms with van der Waals surface area (Å²) < 4.78 is 0. The molecule has 0 radical (unpaired) electrons. The number of hydrogen-bond donors (Lipinski definition) is 1.